The molecule has 4 aliphatic carbocycles. The fourth-order valence-corrected chi connectivity index (χ4v) is 7.51. The van der Waals surface area contributed by atoms with Crippen molar-refractivity contribution in [2.45, 2.75) is 109 Å². The molecular formula is C25H38O4Si. The van der Waals surface area contributed by atoms with Crippen molar-refractivity contribution >= 4 is 19.9 Å². The van der Waals surface area contributed by atoms with Crippen LogP contribution in [0.25, 0.3) is 0 Å². The number of aliphatic hydroxyl groups is 1. The Morgan fingerprint density at radius 2 is 1.73 bits per heavy atom. The molecule has 0 bridgehead atoms. The molecule has 0 aromatic carbocycles. The summed E-state index contributed by atoms with van der Waals surface area (Å²) in [7, 11) is -1.87. The van der Waals surface area contributed by atoms with Crippen LogP contribution in [0.1, 0.15) is 79.1 Å². The highest BCUT2D eigenvalue weighted by atomic mass is 28.4. The van der Waals surface area contributed by atoms with Gasteiger partial charge in [-0.1, -0.05) is 33.3 Å². The number of carbonyl (C=O) groups is 2. The van der Waals surface area contributed by atoms with Gasteiger partial charge in [0.15, 0.2) is 19.9 Å². The topological polar surface area (TPSA) is 63.6 Å². The van der Waals surface area contributed by atoms with Crippen LogP contribution in [0.15, 0.2) is 22.8 Å². The number of fused-ring (bicyclic) bond motifs is 3. The normalized spacial score (nSPS) is 37.4. The van der Waals surface area contributed by atoms with E-state index in [9.17, 15) is 14.7 Å². The van der Waals surface area contributed by atoms with Crippen molar-refractivity contribution in [3.8, 4) is 0 Å². The number of carbonyl (C=O) groups excluding carboxylic acids is 2. The first kappa shape index (κ1) is 22.2. The van der Waals surface area contributed by atoms with E-state index in [1.165, 1.54) is 11.6 Å². The van der Waals surface area contributed by atoms with Gasteiger partial charge in [0.05, 0.1) is 11.7 Å². The number of Topliss-reactive ketones (excluding diaryl/α,β-unsaturated/α-hetero) is 1. The molecular weight excluding hydrogens is 392 g/mol. The lowest BCUT2D eigenvalue weighted by molar-refractivity contribution is -0.120. The summed E-state index contributed by atoms with van der Waals surface area (Å²) in [6.07, 6.45) is 7.48. The Morgan fingerprint density at radius 3 is 2.40 bits per heavy atom. The largest absolute Gasteiger partial charge is 0.413 e. The van der Waals surface area contributed by atoms with Crippen molar-refractivity contribution in [3.05, 3.63) is 22.8 Å². The molecule has 0 radical (unpaired) electrons. The molecule has 0 heterocycles. The Labute approximate surface area is 182 Å². The predicted octanol–water partition coefficient (Wildman–Crippen LogP) is 5.27. The van der Waals surface area contributed by atoms with Gasteiger partial charge in [-0.05, 0) is 86.1 Å². The molecule has 1 saturated carbocycles. The molecule has 0 amide bonds. The van der Waals surface area contributed by atoms with Gasteiger partial charge in [0, 0.05) is 12.0 Å². The first-order valence-electron chi connectivity index (χ1n) is 11.7. The van der Waals surface area contributed by atoms with Gasteiger partial charge in [-0.25, -0.2) is 0 Å². The van der Waals surface area contributed by atoms with Crippen molar-refractivity contribution < 1.29 is 19.1 Å². The fraction of sp³-hybridized carbons (Fsp3) is 0.760. The zero-order chi connectivity index (χ0) is 22.1. The van der Waals surface area contributed by atoms with Crippen molar-refractivity contribution in [1.29, 1.82) is 0 Å². The lowest BCUT2D eigenvalue weighted by Crippen LogP contribution is -2.48. The molecule has 0 saturated heterocycles. The van der Waals surface area contributed by atoms with Crippen molar-refractivity contribution in [1.82, 2.24) is 0 Å². The summed E-state index contributed by atoms with van der Waals surface area (Å²) in [6, 6.07) is 0. The average molecular weight is 431 g/mol. The van der Waals surface area contributed by atoms with Crippen LogP contribution in [0.5, 0.6) is 0 Å². The van der Waals surface area contributed by atoms with E-state index < -0.39 is 13.9 Å². The molecule has 0 aromatic rings. The maximum absolute atomic E-state index is 13.4. The standard InChI is InChI=1S/C25H38O4Si/c1-23(2,3)30(5,6)29-21-8-7-19-17-11-14-25(28)13-9-16(26)15-20(25)22(27)18(17)10-12-24(19,21)4/h15,19,21,28H,7-14H2,1-6H3/t19-,21-,24-,25-/m0/s1. The smallest absolute Gasteiger partial charge is 0.192 e. The second-order valence-electron chi connectivity index (χ2n) is 11.9. The summed E-state index contributed by atoms with van der Waals surface area (Å²) in [6.45, 7) is 13.9. The Morgan fingerprint density at radius 1 is 1.07 bits per heavy atom. The van der Waals surface area contributed by atoms with Gasteiger partial charge in [-0.15, -0.1) is 0 Å². The lowest BCUT2D eigenvalue weighted by Gasteiger charge is -2.47. The van der Waals surface area contributed by atoms with Crippen LogP contribution < -0.4 is 0 Å². The highest BCUT2D eigenvalue weighted by Gasteiger charge is 2.55. The van der Waals surface area contributed by atoms with E-state index in [0.29, 0.717) is 30.8 Å². The minimum absolute atomic E-state index is 0.0311. The van der Waals surface area contributed by atoms with Crippen LogP contribution in [0.3, 0.4) is 0 Å². The van der Waals surface area contributed by atoms with Crippen LogP contribution >= 0.6 is 0 Å². The predicted molar refractivity (Wildman–Crippen MR) is 121 cm³/mol. The number of hydrogen-bond donors (Lipinski definition) is 1. The molecule has 0 unspecified atom stereocenters. The van der Waals surface area contributed by atoms with Gasteiger partial charge in [-0.3, -0.25) is 9.59 Å². The lowest BCUT2D eigenvalue weighted by atomic mass is 9.65. The third-order valence-electron chi connectivity index (χ3n) is 9.13. The molecule has 4 rings (SSSR count). The zero-order valence-electron chi connectivity index (χ0n) is 19.6. The fourth-order valence-electron chi connectivity index (χ4n) is 6.06. The van der Waals surface area contributed by atoms with E-state index in [1.807, 2.05) is 0 Å². The number of rotatable bonds is 2. The van der Waals surface area contributed by atoms with Crippen molar-refractivity contribution in [2.24, 2.45) is 11.3 Å². The minimum atomic E-state index is -1.87. The van der Waals surface area contributed by atoms with E-state index in [0.717, 1.165) is 37.7 Å². The first-order chi connectivity index (χ1) is 13.8. The molecule has 4 aliphatic rings. The molecule has 30 heavy (non-hydrogen) atoms. The third kappa shape index (κ3) is 3.32. The van der Waals surface area contributed by atoms with E-state index in [-0.39, 0.29) is 28.1 Å². The monoisotopic (exact) mass is 430 g/mol. The highest BCUT2D eigenvalue weighted by molar-refractivity contribution is 6.74. The van der Waals surface area contributed by atoms with Crippen LogP contribution in [0.4, 0.5) is 0 Å². The van der Waals surface area contributed by atoms with Crippen LogP contribution in [-0.2, 0) is 14.0 Å². The Balaban J connectivity index is 1.66. The average Bonchev–Trinajstić information content (AvgIpc) is 2.91. The van der Waals surface area contributed by atoms with Gasteiger partial charge >= 0.3 is 0 Å². The summed E-state index contributed by atoms with van der Waals surface area (Å²) >= 11 is 0. The van der Waals surface area contributed by atoms with Gasteiger partial charge in [0.2, 0.25) is 0 Å². The summed E-state index contributed by atoms with van der Waals surface area (Å²) in [5.41, 5.74) is 1.43. The van der Waals surface area contributed by atoms with Crippen LogP contribution in [0, 0.1) is 11.3 Å². The van der Waals surface area contributed by atoms with E-state index in [1.54, 1.807) is 0 Å². The molecule has 4 nitrogen and oxygen atoms in total. The molecule has 0 spiro atoms. The van der Waals surface area contributed by atoms with Crippen LogP contribution in [-0.4, -0.2) is 36.7 Å². The van der Waals surface area contributed by atoms with Crippen molar-refractivity contribution in [2.75, 3.05) is 0 Å². The quantitative estimate of drug-likeness (QED) is 0.606. The van der Waals surface area contributed by atoms with Crippen LogP contribution in [0.2, 0.25) is 18.1 Å². The summed E-state index contributed by atoms with van der Waals surface area (Å²) in [5.74, 6) is 0.255. The number of hydrogen-bond acceptors (Lipinski definition) is 4. The highest BCUT2D eigenvalue weighted by Crippen LogP contribution is 2.59. The summed E-state index contributed by atoms with van der Waals surface area (Å²) < 4.78 is 6.93. The first-order valence-corrected chi connectivity index (χ1v) is 14.6. The summed E-state index contributed by atoms with van der Waals surface area (Å²) in [5, 5.41) is 11.4. The SMILES string of the molecule is CC(C)(C)[Si](C)(C)O[C@H]1CC[C@H]2C3=C(CC[C@]12C)C(=O)C1=CC(=O)CC[C@]1(O)CC3. The van der Waals surface area contributed by atoms with Gasteiger partial charge in [-0.2, -0.15) is 0 Å². The second-order valence-corrected chi connectivity index (χ2v) is 16.6. The van der Waals surface area contributed by atoms with E-state index in [4.69, 9.17) is 4.43 Å². The Kier molecular flexibility index (Phi) is 5.15. The molecule has 0 aliphatic heterocycles. The molecule has 1 N–H and O–H groups in total. The Hall–Kier alpha value is -1.04. The maximum Gasteiger partial charge on any atom is 0.192 e. The summed E-state index contributed by atoms with van der Waals surface area (Å²) in [4.78, 5) is 25.4. The van der Waals surface area contributed by atoms with Crippen molar-refractivity contribution in [3.63, 3.8) is 0 Å². The van der Waals surface area contributed by atoms with E-state index >= 15 is 0 Å². The number of allylic oxidation sites excluding steroid dienone is 3. The molecule has 4 atom stereocenters. The maximum atomic E-state index is 13.4. The van der Waals surface area contributed by atoms with Gasteiger partial charge in [0.1, 0.15) is 0 Å². The second kappa shape index (κ2) is 6.98. The molecule has 5 heteroatoms. The third-order valence-corrected chi connectivity index (χ3v) is 13.6. The molecule has 1 fully saturated rings. The number of ketones is 2. The zero-order valence-corrected chi connectivity index (χ0v) is 20.6. The van der Waals surface area contributed by atoms with Gasteiger partial charge < -0.3 is 9.53 Å². The Bertz CT molecular complexity index is 846. The van der Waals surface area contributed by atoms with Gasteiger partial charge in [0.25, 0.3) is 0 Å². The molecule has 0 aromatic heterocycles. The molecule has 166 valence electrons. The minimum Gasteiger partial charge on any atom is -0.413 e. The van der Waals surface area contributed by atoms with E-state index in [2.05, 4.69) is 40.8 Å².